The Balaban J connectivity index is 2.18. The minimum absolute atomic E-state index is 0.0520. The van der Waals surface area contributed by atoms with Gasteiger partial charge in [0, 0.05) is 6.04 Å². The Bertz CT molecular complexity index is 558. The molecule has 2 N–H and O–H groups in total. The van der Waals surface area contributed by atoms with Crippen LogP contribution in [0.25, 0.3) is 0 Å². The van der Waals surface area contributed by atoms with Gasteiger partial charge in [-0.3, -0.25) is 4.98 Å². The number of aromatic nitrogens is 1. The fraction of sp³-hybridized carbons (Fsp3) is 0.214. The molecule has 0 aliphatic heterocycles. The van der Waals surface area contributed by atoms with Gasteiger partial charge in [-0.1, -0.05) is 36.2 Å². The molecule has 0 fully saturated rings. The maximum Gasteiger partial charge on any atom is 0.147 e. The lowest BCUT2D eigenvalue weighted by molar-refractivity contribution is 0.479. The predicted molar refractivity (Wildman–Crippen MR) is 78.0 cm³/mol. The van der Waals surface area contributed by atoms with Gasteiger partial charge in [0.15, 0.2) is 0 Å². The summed E-state index contributed by atoms with van der Waals surface area (Å²) in [7, 11) is 0. The second-order valence-electron chi connectivity index (χ2n) is 4.09. The maximum absolute atomic E-state index is 6.05. The summed E-state index contributed by atoms with van der Waals surface area (Å²) in [4.78, 5) is 4.27. The van der Waals surface area contributed by atoms with E-state index in [1.54, 1.807) is 24.4 Å². The van der Waals surface area contributed by atoms with Crippen LogP contribution < -0.4 is 10.5 Å². The molecular weight excluding hydrogens is 283 g/mol. The fourth-order valence-corrected chi connectivity index (χ4v) is 1.90. The van der Waals surface area contributed by atoms with E-state index in [4.69, 9.17) is 33.7 Å². The Hall–Kier alpha value is -1.29. The zero-order chi connectivity index (χ0) is 13.8. The van der Waals surface area contributed by atoms with E-state index in [0.29, 0.717) is 21.5 Å². The van der Waals surface area contributed by atoms with Crippen molar-refractivity contribution in [1.82, 2.24) is 4.98 Å². The summed E-state index contributed by atoms with van der Waals surface area (Å²) in [6.07, 6.45) is 2.47. The van der Waals surface area contributed by atoms with Crippen LogP contribution in [0, 0.1) is 0 Å². The molecule has 0 radical (unpaired) electrons. The van der Waals surface area contributed by atoms with E-state index >= 15 is 0 Å². The Morgan fingerprint density at radius 2 is 2.05 bits per heavy atom. The van der Waals surface area contributed by atoms with Crippen molar-refractivity contribution in [3.8, 4) is 11.5 Å². The van der Waals surface area contributed by atoms with Gasteiger partial charge in [-0.25, -0.2) is 0 Å². The number of benzene rings is 1. The summed E-state index contributed by atoms with van der Waals surface area (Å²) < 4.78 is 5.64. The molecule has 19 heavy (non-hydrogen) atoms. The van der Waals surface area contributed by atoms with Crippen LogP contribution in [0.3, 0.4) is 0 Å². The molecular formula is C14H14Cl2N2O. The third kappa shape index (κ3) is 3.38. The lowest BCUT2D eigenvalue weighted by Crippen LogP contribution is -2.10. The Labute approximate surface area is 122 Å². The number of ether oxygens (including phenoxy) is 1. The number of pyridine rings is 1. The molecule has 100 valence electrons. The van der Waals surface area contributed by atoms with E-state index in [0.717, 1.165) is 12.1 Å². The molecule has 0 unspecified atom stereocenters. The number of hydrogen-bond donors (Lipinski definition) is 1. The highest BCUT2D eigenvalue weighted by atomic mass is 35.5. The second-order valence-corrected chi connectivity index (χ2v) is 4.87. The summed E-state index contributed by atoms with van der Waals surface area (Å²) in [5.41, 5.74) is 6.74. The first-order chi connectivity index (χ1) is 9.11. The predicted octanol–water partition coefficient (Wildman–Crippen LogP) is 4.59. The average molecular weight is 297 g/mol. The SMILES string of the molecule is CC[C@@H](N)c1ccc(Oc2cccc(Cl)c2Cl)cn1. The summed E-state index contributed by atoms with van der Waals surface area (Å²) in [6.45, 7) is 2.02. The molecule has 1 aromatic carbocycles. The second kappa shape index (κ2) is 6.24. The first-order valence-electron chi connectivity index (χ1n) is 5.95. The van der Waals surface area contributed by atoms with Crippen molar-refractivity contribution in [2.24, 2.45) is 5.73 Å². The highest BCUT2D eigenvalue weighted by Gasteiger charge is 2.08. The quantitative estimate of drug-likeness (QED) is 0.897. The largest absolute Gasteiger partial charge is 0.454 e. The third-order valence-electron chi connectivity index (χ3n) is 2.72. The van der Waals surface area contributed by atoms with Crippen LogP contribution in [0.4, 0.5) is 0 Å². The minimum Gasteiger partial charge on any atom is -0.454 e. The molecule has 0 saturated carbocycles. The number of rotatable bonds is 4. The molecule has 3 nitrogen and oxygen atoms in total. The summed E-state index contributed by atoms with van der Waals surface area (Å²) >= 11 is 12.0. The highest BCUT2D eigenvalue weighted by Crippen LogP contribution is 2.34. The van der Waals surface area contributed by atoms with E-state index in [1.807, 2.05) is 19.1 Å². The van der Waals surface area contributed by atoms with Crippen molar-refractivity contribution >= 4 is 23.2 Å². The van der Waals surface area contributed by atoms with Crippen LogP contribution in [0.1, 0.15) is 25.1 Å². The first kappa shape index (κ1) is 14.1. The van der Waals surface area contributed by atoms with E-state index < -0.39 is 0 Å². The molecule has 0 saturated heterocycles. The Morgan fingerprint density at radius 3 is 2.68 bits per heavy atom. The Morgan fingerprint density at radius 1 is 1.26 bits per heavy atom. The van der Waals surface area contributed by atoms with Gasteiger partial charge in [0.05, 0.1) is 16.9 Å². The van der Waals surface area contributed by atoms with Crippen molar-refractivity contribution < 1.29 is 4.74 Å². The van der Waals surface area contributed by atoms with Gasteiger partial charge in [-0.2, -0.15) is 0 Å². The van der Waals surface area contributed by atoms with Crippen LogP contribution in [0.15, 0.2) is 36.5 Å². The molecule has 0 aliphatic rings. The molecule has 0 spiro atoms. The normalized spacial score (nSPS) is 12.2. The monoisotopic (exact) mass is 296 g/mol. The molecule has 0 aliphatic carbocycles. The maximum atomic E-state index is 6.05. The molecule has 0 amide bonds. The third-order valence-corrected chi connectivity index (χ3v) is 3.52. The van der Waals surface area contributed by atoms with Gasteiger partial charge in [0.2, 0.25) is 0 Å². The number of nitrogens with two attached hydrogens (primary N) is 1. The fourth-order valence-electron chi connectivity index (χ4n) is 1.57. The number of nitrogens with zero attached hydrogens (tertiary/aromatic N) is 1. The summed E-state index contributed by atoms with van der Waals surface area (Å²) in [6, 6.07) is 8.84. The van der Waals surface area contributed by atoms with Gasteiger partial charge in [0.25, 0.3) is 0 Å². The van der Waals surface area contributed by atoms with Crippen LogP contribution >= 0.6 is 23.2 Å². The van der Waals surface area contributed by atoms with Crippen LogP contribution in [0.5, 0.6) is 11.5 Å². The van der Waals surface area contributed by atoms with Crippen molar-refractivity contribution in [3.05, 3.63) is 52.3 Å². The summed E-state index contributed by atoms with van der Waals surface area (Å²) in [5.74, 6) is 1.10. The number of halogens is 2. The van der Waals surface area contributed by atoms with Crippen molar-refractivity contribution in [2.75, 3.05) is 0 Å². The molecule has 2 rings (SSSR count). The van der Waals surface area contributed by atoms with E-state index in [2.05, 4.69) is 4.98 Å². The van der Waals surface area contributed by atoms with Crippen LogP contribution in [0.2, 0.25) is 10.0 Å². The molecule has 5 heteroatoms. The Kier molecular flexibility index (Phi) is 4.64. The van der Waals surface area contributed by atoms with Crippen molar-refractivity contribution in [2.45, 2.75) is 19.4 Å². The average Bonchev–Trinajstić information content (AvgIpc) is 2.44. The van der Waals surface area contributed by atoms with Gasteiger partial charge in [-0.15, -0.1) is 0 Å². The lowest BCUT2D eigenvalue weighted by Gasteiger charge is -2.10. The van der Waals surface area contributed by atoms with E-state index in [9.17, 15) is 0 Å². The van der Waals surface area contributed by atoms with Crippen molar-refractivity contribution in [3.63, 3.8) is 0 Å². The number of hydrogen-bond acceptors (Lipinski definition) is 3. The van der Waals surface area contributed by atoms with Crippen LogP contribution in [-0.4, -0.2) is 4.98 Å². The smallest absolute Gasteiger partial charge is 0.147 e. The summed E-state index contributed by atoms with van der Waals surface area (Å²) in [5, 5.41) is 0.843. The topological polar surface area (TPSA) is 48.1 Å². The van der Waals surface area contributed by atoms with E-state index in [1.165, 1.54) is 0 Å². The van der Waals surface area contributed by atoms with Gasteiger partial charge in [0.1, 0.15) is 16.5 Å². The van der Waals surface area contributed by atoms with Gasteiger partial charge in [-0.05, 0) is 30.7 Å². The van der Waals surface area contributed by atoms with E-state index in [-0.39, 0.29) is 6.04 Å². The zero-order valence-electron chi connectivity index (χ0n) is 10.4. The van der Waals surface area contributed by atoms with Gasteiger partial charge >= 0.3 is 0 Å². The molecule has 1 heterocycles. The first-order valence-corrected chi connectivity index (χ1v) is 6.70. The molecule has 2 aromatic rings. The van der Waals surface area contributed by atoms with Crippen LogP contribution in [-0.2, 0) is 0 Å². The minimum atomic E-state index is -0.0520. The standard InChI is InChI=1S/C14H14Cl2N2O/c1-2-11(17)12-7-6-9(8-18-12)19-13-5-3-4-10(15)14(13)16/h3-8,11H,2,17H2,1H3/t11-/m1/s1. The molecule has 1 atom stereocenters. The van der Waals surface area contributed by atoms with Gasteiger partial charge < -0.3 is 10.5 Å². The molecule has 0 bridgehead atoms. The zero-order valence-corrected chi connectivity index (χ0v) is 11.9. The van der Waals surface area contributed by atoms with Crippen molar-refractivity contribution in [1.29, 1.82) is 0 Å². The lowest BCUT2D eigenvalue weighted by atomic mass is 10.1. The molecule has 1 aromatic heterocycles. The highest BCUT2D eigenvalue weighted by molar-refractivity contribution is 6.42.